The molecule has 0 aliphatic carbocycles. The predicted molar refractivity (Wildman–Crippen MR) is 82.2 cm³/mol. The smallest absolute Gasteiger partial charge is 0.325 e. The van der Waals surface area contributed by atoms with E-state index in [1.54, 1.807) is 6.92 Å². The van der Waals surface area contributed by atoms with Crippen LogP contribution in [0.15, 0.2) is 34.0 Å². The summed E-state index contributed by atoms with van der Waals surface area (Å²) >= 11 is 2.77. The van der Waals surface area contributed by atoms with Gasteiger partial charge in [-0.25, -0.2) is 4.98 Å². The molecule has 0 aliphatic rings. The zero-order chi connectivity index (χ0) is 16.3. The fourth-order valence-corrected chi connectivity index (χ4v) is 3.56. The molecule has 0 saturated carbocycles. The van der Waals surface area contributed by atoms with Gasteiger partial charge in [0.15, 0.2) is 4.34 Å². The van der Waals surface area contributed by atoms with Crippen LogP contribution in [0.25, 0.3) is 0 Å². The van der Waals surface area contributed by atoms with E-state index in [0.29, 0.717) is 5.69 Å². The third kappa shape index (κ3) is 4.48. The Morgan fingerprint density at radius 1 is 1.32 bits per heavy atom. The number of aryl methyl sites for hydroxylation is 1. The van der Waals surface area contributed by atoms with E-state index in [4.69, 9.17) is 0 Å². The van der Waals surface area contributed by atoms with Crippen LogP contribution in [0, 0.1) is 6.92 Å². The minimum Gasteiger partial charge on any atom is -0.325 e. The van der Waals surface area contributed by atoms with Crippen molar-refractivity contribution in [3.8, 4) is 0 Å². The van der Waals surface area contributed by atoms with Crippen molar-refractivity contribution in [1.29, 1.82) is 0 Å². The molecule has 1 heterocycles. The van der Waals surface area contributed by atoms with Crippen LogP contribution in [0.5, 0.6) is 0 Å². The average molecular weight is 346 g/mol. The lowest BCUT2D eigenvalue weighted by Gasteiger charge is -2.11. The Morgan fingerprint density at radius 3 is 2.45 bits per heavy atom. The highest BCUT2D eigenvalue weighted by molar-refractivity contribution is 8.02. The van der Waals surface area contributed by atoms with E-state index < -0.39 is 17.0 Å². The van der Waals surface area contributed by atoms with Gasteiger partial charge in [0, 0.05) is 16.8 Å². The SMILES string of the molecule is Cc1csc(S[C@@H](C)C(=O)Nc2ccc(C(F)(F)F)cc2)n1. The van der Waals surface area contributed by atoms with Crippen LogP contribution >= 0.6 is 23.1 Å². The van der Waals surface area contributed by atoms with E-state index in [2.05, 4.69) is 10.3 Å². The molecule has 2 rings (SSSR count). The zero-order valence-electron chi connectivity index (χ0n) is 11.8. The van der Waals surface area contributed by atoms with Gasteiger partial charge in [-0.2, -0.15) is 13.2 Å². The monoisotopic (exact) mass is 346 g/mol. The maximum atomic E-state index is 12.5. The standard InChI is InChI=1S/C14H13F3N2OS2/c1-8-7-21-13(18-8)22-9(2)12(20)19-11-5-3-10(4-6-11)14(15,16)17/h3-7,9H,1-2H3,(H,19,20)/t9-/m0/s1. The largest absolute Gasteiger partial charge is 0.416 e. The molecule has 22 heavy (non-hydrogen) atoms. The number of aromatic nitrogens is 1. The summed E-state index contributed by atoms with van der Waals surface area (Å²) in [5.74, 6) is -0.280. The lowest BCUT2D eigenvalue weighted by molar-refractivity contribution is -0.137. The van der Waals surface area contributed by atoms with Crippen molar-refractivity contribution in [2.24, 2.45) is 0 Å². The van der Waals surface area contributed by atoms with Gasteiger partial charge in [0.1, 0.15) is 0 Å². The summed E-state index contributed by atoms with van der Waals surface area (Å²) in [5, 5.41) is 4.09. The van der Waals surface area contributed by atoms with Crippen molar-refractivity contribution in [3.05, 3.63) is 40.9 Å². The number of thiazole rings is 1. The van der Waals surface area contributed by atoms with Crippen LogP contribution in [-0.2, 0) is 11.0 Å². The van der Waals surface area contributed by atoms with Gasteiger partial charge in [-0.3, -0.25) is 4.79 Å². The minimum atomic E-state index is -4.38. The Morgan fingerprint density at radius 2 is 1.95 bits per heavy atom. The summed E-state index contributed by atoms with van der Waals surface area (Å²) in [6.07, 6.45) is -4.38. The molecule has 8 heteroatoms. The van der Waals surface area contributed by atoms with E-state index in [1.165, 1.54) is 35.2 Å². The minimum absolute atomic E-state index is 0.280. The van der Waals surface area contributed by atoms with Crippen molar-refractivity contribution in [3.63, 3.8) is 0 Å². The van der Waals surface area contributed by atoms with Crippen molar-refractivity contribution in [2.75, 3.05) is 5.32 Å². The second-order valence-corrected chi connectivity index (χ2v) is 7.03. The third-order valence-electron chi connectivity index (χ3n) is 2.72. The Bertz CT molecular complexity index is 653. The maximum absolute atomic E-state index is 12.5. The Kier molecular flexibility index (Phi) is 5.12. The van der Waals surface area contributed by atoms with Crippen molar-refractivity contribution in [1.82, 2.24) is 4.98 Å². The van der Waals surface area contributed by atoms with Gasteiger partial charge in [-0.15, -0.1) is 11.3 Å². The van der Waals surface area contributed by atoms with E-state index >= 15 is 0 Å². The first-order valence-electron chi connectivity index (χ1n) is 6.32. The molecule has 1 N–H and O–H groups in total. The molecule has 3 nitrogen and oxygen atoms in total. The molecule has 1 aromatic heterocycles. The van der Waals surface area contributed by atoms with Crippen LogP contribution in [0.2, 0.25) is 0 Å². The van der Waals surface area contributed by atoms with E-state index in [1.807, 2.05) is 12.3 Å². The second kappa shape index (κ2) is 6.70. The summed E-state index contributed by atoms with van der Waals surface area (Å²) in [6.45, 7) is 3.59. The molecule has 1 amide bonds. The molecule has 118 valence electrons. The first-order chi connectivity index (χ1) is 10.3. The first kappa shape index (κ1) is 16.8. The first-order valence-corrected chi connectivity index (χ1v) is 8.08. The summed E-state index contributed by atoms with van der Waals surface area (Å²) in [4.78, 5) is 16.3. The highest BCUT2D eigenvalue weighted by atomic mass is 32.2. The van der Waals surface area contributed by atoms with Gasteiger partial charge in [0.05, 0.1) is 10.8 Å². The number of nitrogens with one attached hydrogen (secondary N) is 1. The van der Waals surface area contributed by atoms with Gasteiger partial charge in [0.25, 0.3) is 0 Å². The van der Waals surface area contributed by atoms with Crippen molar-refractivity contribution in [2.45, 2.75) is 29.6 Å². The van der Waals surface area contributed by atoms with Gasteiger partial charge >= 0.3 is 6.18 Å². The number of rotatable bonds is 4. The molecule has 0 spiro atoms. The molecule has 2 aromatic rings. The lowest BCUT2D eigenvalue weighted by Crippen LogP contribution is -2.22. The molecular formula is C14H13F3N2OS2. The van der Waals surface area contributed by atoms with Crippen molar-refractivity contribution >= 4 is 34.7 Å². The Hall–Kier alpha value is -1.54. The number of carbonyl (C=O) groups is 1. The Balaban J connectivity index is 1.96. The fraction of sp³-hybridized carbons (Fsp3) is 0.286. The number of carbonyl (C=O) groups excluding carboxylic acids is 1. The molecular weight excluding hydrogens is 333 g/mol. The summed E-state index contributed by atoms with van der Waals surface area (Å²) < 4.78 is 38.2. The lowest BCUT2D eigenvalue weighted by atomic mass is 10.2. The molecule has 0 aliphatic heterocycles. The summed E-state index contributed by atoms with van der Waals surface area (Å²) in [6, 6.07) is 4.37. The number of anilines is 1. The van der Waals surface area contributed by atoms with Crippen LogP contribution < -0.4 is 5.32 Å². The van der Waals surface area contributed by atoms with Gasteiger partial charge < -0.3 is 5.32 Å². The number of alkyl halides is 3. The number of hydrogen-bond acceptors (Lipinski definition) is 4. The van der Waals surface area contributed by atoms with Gasteiger partial charge in [-0.1, -0.05) is 11.8 Å². The highest BCUT2D eigenvalue weighted by Gasteiger charge is 2.30. The predicted octanol–water partition coefficient (Wildman–Crippen LogP) is 4.59. The van der Waals surface area contributed by atoms with Gasteiger partial charge in [-0.05, 0) is 38.1 Å². The molecule has 0 bridgehead atoms. The fourth-order valence-electron chi connectivity index (χ4n) is 1.58. The van der Waals surface area contributed by atoms with E-state index in [-0.39, 0.29) is 5.91 Å². The molecule has 1 atom stereocenters. The zero-order valence-corrected chi connectivity index (χ0v) is 13.4. The normalized spacial score (nSPS) is 13.0. The third-order valence-corrected chi connectivity index (χ3v) is 4.91. The van der Waals surface area contributed by atoms with Gasteiger partial charge in [0.2, 0.25) is 5.91 Å². The summed E-state index contributed by atoms with van der Waals surface area (Å²) in [5.41, 5.74) is 0.481. The number of halogens is 3. The number of thioether (sulfide) groups is 1. The molecule has 1 aromatic carbocycles. The quantitative estimate of drug-likeness (QED) is 0.824. The van der Waals surface area contributed by atoms with Crippen molar-refractivity contribution < 1.29 is 18.0 Å². The van der Waals surface area contributed by atoms with Crippen LogP contribution in [0.4, 0.5) is 18.9 Å². The molecule has 0 radical (unpaired) electrons. The maximum Gasteiger partial charge on any atom is 0.416 e. The van der Waals surface area contributed by atoms with E-state index in [9.17, 15) is 18.0 Å². The summed E-state index contributed by atoms with van der Waals surface area (Å²) in [7, 11) is 0. The average Bonchev–Trinajstić information content (AvgIpc) is 2.83. The second-order valence-electron chi connectivity index (χ2n) is 4.58. The number of hydrogen-bond donors (Lipinski definition) is 1. The molecule has 0 saturated heterocycles. The number of nitrogens with zero attached hydrogens (tertiary/aromatic N) is 1. The molecule has 0 unspecified atom stereocenters. The number of amides is 1. The topological polar surface area (TPSA) is 42.0 Å². The Labute approximate surface area is 134 Å². The molecule has 0 fully saturated rings. The van der Waals surface area contributed by atoms with Crippen LogP contribution in [-0.4, -0.2) is 16.1 Å². The van der Waals surface area contributed by atoms with E-state index in [0.717, 1.165) is 22.2 Å². The van der Waals surface area contributed by atoms with Crippen LogP contribution in [0.1, 0.15) is 18.2 Å². The highest BCUT2D eigenvalue weighted by Crippen LogP contribution is 2.30. The van der Waals surface area contributed by atoms with Crippen LogP contribution in [0.3, 0.4) is 0 Å². The number of benzene rings is 1.